The van der Waals surface area contributed by atoms with Crippen LogP contribution in [-0.2, 0) is 14.8 Å². The molecule has 5 nitrogen and oxygen atoms in total. The van der Waals surface area contributed by atoms with E-state index < -0.39 is 10.0 Å². The van der Waals surface area contributed by atoms with Gasteiger partial charge < -0.3 is 4.74 Å². The lowest BCUT2D eigenvalue weighted by Gasteiger charge is -2.34. The fraction of sp³-hybridized carbons (Fsp3) is 0.562. The van der Waals surface area contributed by atoms with Crippen molar-refractivity contribution < 1.29 is 13.2 Å². The number of thioether (sulfide) groups is 1. The summed E-state index contributed by atoms with van der Waals surface area (Å²) < 4.78 is 34.3. The first kappa shape index (κ1) is 18.1. The predicted molar refractivity (Wildman–Crippen MR) is 100 cm³/mol. The number of sulfonamides is 1. The highest BCUT2D eigenvalue weighted by molar-refractivity contribution is 8.01. The van der Waals surface area contributed by atoms with Crippen molar-refractivity contribution in [2.75, 3.05) is 24.6 Å². The summed E-state index contributed by atoms with van der Waals surface area (Å²) in [7, 11) is -3.21. The van der Waals surface area contributed by atoms with Crippen LogP contribution >= 0.6 is 23.1 Å². The number of hydrogen-bond acceptors (Lipinski definition) is 6. The van der Waals surface area contributed by atoms with Gasteiger partial charge in [-0.1, -0.05) is 23.9 Å². The van der Waals surface area contributed by atoms with E-state index in [0.29, 0.717) is 19.5 Å². The van der Waals surface area contributed by atoms with Crippen molar-refractivity contribution in [1.29, 1.82) is 0 Å². The van der Waals surface area contributed by atoms with E-state index in [2.05, 4.69) is 11.1 Å². The van der Waals surface area contributed by atoms with E-state index in [1.807, 2.05) is 32.0 Å². The van der Waals surface area contributed by atoms with Gasteiger partial charge in [-0.15, -0.1) is 11.3 Å². The zero-order chi connectivity index (χ0) is 17.2. The number of hydrogen-bond donors (Lipinski definition) is 0. The molecule has 0 N–H and O–H groups in total. The Morgan fingerprint density at radius 1 is 1.29 bits per heavy atom. The summed E-state index contributed by atoms with van der Waals surface area (Å²) in [6.07, 6.45) is 0.546. The Labute approximate surface area is 151 Å². The van der Waals surface area contributed by atoms with E-state index in [1.54, 1.807) is 27.4 Å². The highest BCUT2D eigenvalue weighted by atomic mass is 32.2. The molecule has 24 heavy (non-hydrogen) atoms. The number of nitrogens with zero attached hydrogens (tertiary/aromatic N) is 2. The van der Waals surface area contributed by atoms with Crippen LogP contribution in [0.15, 0.2) is 28.6 Å². The van der Waals surface area contributed by atoms with Gasteiger partial charge in [0, 0.05) is 18.8 Å². The maximum atomic E-state index is 12.5. The van der Waals surface area contributed by atoms with Crippen molar-refractivity contribution in [3.63, 3.8) is 0 Å². The van der Waals surface area contributed by atoms with Crippen LogP contribution in [0, 0.1) is 0 Å². The zero-order valence-electron chi connectivity index (χ0n) is 13.8. The topological polar surface area (TPSA) is 59.5 Å². The second-order valence-corrected chi connectivity index (χ2v) is 10.5. The molecule has 1 aliphatic heterocycles. The molecular formula is C16H22N2O3S3. The molecule has 132 valence electrons. The third-order valence-corrected chi connectivity index (χ3v) is 7.98. The Morgan fingerprint density at radius 2 is 2.00 bits per heavy atom. The number of rotatable bonds is 6. The molecule has 2 aromatic rings. The summed E-state index contributed by atoms with van der Waals surface area (Å²) in [5.41, 5.74) is 1.01. The zero-order valence-corrected chi connectivity index (χ0v) is 16.3. The number of morpholine rings is 1. The lowest BCUT2D eigenvalue weighted by Crippen LogP contribution is -2.48. The van der Waals surface area contributed by atoms with Crippen molar-refractivity contribution in [2.24, 2.45) is 0 Å². The van der Waals surface area contributed by atoms with E-state index in [1.165, 1.54) is 4.70 Å². The number of fused-ring (bicyclic) bond motifs is 1. The molecule has 3 rings (SSSR count). The van der Waals surface area contributed by atoms with Gasteiger partial charge in [0.2, 0.25) is 10.0 Å². The molecule has 1 saturated heterocycles. The molecule has 1 fully saturated rings. The summed E-state index contributed by atoms with van der Waals surface area (Å²) in [5.74, 6) is 0.943. The first-order valence-electron chi connectivity index (χ1n) is 8.06. The molecule has 1 aromatic heterocycles. The molecule has 2 atom stereocenters. The van der Waals surface area contributed by atoms with Crippen LogP contribution in [0.3, 0.4) is 0 Å². The SMILES string of the molecule is CC1CN(S(=O)(=O)CCCSc2nc3ccccc3s2)CC(C)O1. The third-order valence-electron chi connectivity index (χ3n) is 3.83. The molecule has 0 amide bonds. The van der Waals surface area contributed by atoms with Gasteiger partial charge >= 0.3 is 0 Å². The maximum Gasteiger partial charge on any atom is 0.214 e. The van der Waals surface area contributed by atoms with E-state index in [0.717, 1.165) is 15.6 Å². The maximum absolute atomic E-state index is 12.5. The van der Waals surface area contributed by atoms with Crippen LogP contribution in [0.1, 0.15) is 20.3 Å². The Hall–Kier alpha value is -0.670. The summed E-state index contributed by atoms with van der Waals surface area (Å²) in [5, 5.41) is 0. The number of benzene rings is 1. The minimum atomic E-state index is -3.21. The van der Waals surface area contributed by atoms with Gasteiger partial charge in [-0.2, -0.15) is 4.31 Å². The smallest absolute Gasteiger partial charge is 0.214 e. The second-order valence-electron chi connectivity index (χ2n) is 6.04. The Morgan fingerprint density at radius 3 is 2.71 bits per heavy atom. The second kappa shape index (κ2) is 7.70. The molecule has 1 aliphatic rings. The fourth-order valence-corrected chi connectivity index (χ4v) is 6.70. The van der Waals surface area contributed by atoms with Crippen molar-refractivity contribution >= 4 is 43.3 Å². The highest BCUT2D eigenvalue weighted by Crippen LogP contribution is 2.29. The first-order chi connectivity index (χ1) is 11.4. The van der Waals surface area contributed by atoms with Crippen LogP contribution in [0.2, 0.25) is 0 Å². The molecule has 0 radical (unpaired) electrons. The van der Waals surface area contributed by atoms with Gasteiger partial charge in [0.15, 0.2) is 4.34 Å². The third kappa shape index (κ3) is 4.49. The van der Waals surface area contributed by atoms with Crippen molar-refractivity contribution in [1.82, 2.24) is 9.29 Å². The van der Waals surface area contributed by atoms with Gasteiger partial charge in [0.1, 0.15) is 0 Å². The van der Waals surface area contributed by atoms with E-state index in [-0.39, 0.29) is 18.0 Å². The summed E-state index contributed by atoms with van der Waals surface area (Å²) >= 11 is 3.29. The van der Waals surface area contributed by atoms with Gasteiger partial charge in [0.05, 0.1) is 28.2 Å². The number of para-hydroxylation sites is 1. The molecule has 2 heterocycles. The summed E-state index contributed by atoms with van der Waals surface area (Å²) in [6, 6.07) is 8.04. The Balaban J connectivity index is 1.50. The standard InChI is InChI=1S/C16H22N2O3S3/c1-12-10-18(11-13(2)21-12)24(19,20)9-5-8-22-16-17-14-6-3-4-7-15(14)23-16/h3-4,6-7,12-13H,5,8-11H2,1-2H3. The van der Waals surface area contributed by atoms with Crippen molar-refractivity contribution in [3.05, 3.63) is 24.3 Å². The van der Waals surface area contributed by atoms with Gasteiger partial charge in [-0.25, -0.2) is 13.4 Å². The molecule has 1 aromatic carbocycles. The predicted octanol–water partition coefficient (Wildman–Crippen LogP) is 3.22. The quantitative estimate of drug-likeness (QED) is 0.563. The number of aromatic nitrogens is 1. The fourth-order valence-electron chi connectivity index (χ4n) is 2.80. The Bertz CT molecular complexity index is 748. The van der Waals surface area contributed by atoms with Crippen LogP contribution in [0.4, 0.5) is 0 Å². The molecular weight excluding hydrogens is 364 g/mol. The van der Waals surface area contributed by atoms with Crippen LogP contribution in [0.25, 0.3) is 10.2 Å². The molecule has 0 aliphatic carbocycles. The molecule has 0 spiro atoms. The highest BCUT2D eigenvalue weighted by Gasteiger charge is 2.30. The van der Waals surface area contributed by atoms with E-state index in [9.17, 15) is 8.42 Å². The normalized spacial score (nSPS) is 22.9. The molecule has 0 saturated carbocycles. The molecule has 0 bridgehead atoms. The van der Waals surface area contributed by atoms with Gasteiger partial charge in [-0.05, 0) is 32.4 Å². The van der Waals surface area contributed by atoms with Gasteiger partial charge in [-0.3, -0.25) is 0 Å². The minimum Gasteiger partial charge on any atom is -0.373 e. The summed E-state index contributed by atoms with van der Waals surface area (Å²) in [6.45, 7) is 4.75. The van der Waals surface area contributed by atoms with Crippen molar-refractivity contribution in [2.45, 2.75) is 36.8 Å². The number of thiazole rings is 1. The minimum absolute atomic E-state index is 0.0411. The van der Waals surface area contributed by atoms with Crippen LogP contribution in [0.5, 0.6) is 0 Å². The molecule has 8 heteroatoms. The Kier molecular flexibility index (Phi) is 5.82. The summed E-state index contributed by atoms with van der Waals surface area (Å²) in [4.78, 5) is 4.56. The first-order valence-corrected chi connectivity index (χ1v) is 11.5. The van der Waals surface area contributed by atoms with Crippen LogP contribution < -0.4 is 0 Å². The average Bonchev–Trinajstić information content (AvgIpc) is 2.93. The lowest BCUT2D eigenvalue weighted by atomic mass is 10.3. The number of ether oxygens (including phenoxy) is 1. The molecule has 2 unspecified atom stereocenters. The average molecular weight is 387 g/mol. The van der Waals surface area contributed by atoms with E-state index in [4.69, 9.17) is 4.74 Å². The van der Waals surface area contributed by atoms with Gasteiger partial charge in [0.25, 0.3) is 0 Å². The largest absolute Gasteiger partial charge is 0.373 e. The van der Waals surface area contributed by atoms with Crippen molar-refractivity contribution in [3.8, 4) is 0 Å². The lowest BCUT2D eigenvalue weighted by molar-refractivity contribution is -0.0440. The van der Waals surface area contributed by atoms with Crippen LogP contribution in [-0.4, -0.2) is 54.5 Å². The monoisotopic (exact) mass is 386 g/mol. The van der Waals surface area contributed by atoms with E-state index >= 15 is 0 Å².